The monoisotopic (exact) mass is 273 g/mol. The number of morpholine rings is 1. The van der Waals surface area contributed by atoms with E-state index in [4.69, 9.17) is 10.5 Å². The minimum atomic E-state index is 0.188. The number of nitrogen functional groups attached to an aromatic ring is 1. The van der Waals surface area contributed by atoms with Crippen molar-refractivity contribution in [3.05, 3.63) is 24.5 Å². The van der Waals surface area contributed by atoms with Gasteiger partial charge in [-0.2, -0.15) is 0 Å². The maximum Gasteiger partial charge on any atom is 0.137 e. The van der Waals surface area contributed by atoms with Crippen molar-refractivity contribution in [2.75, 3.05) is 44.3 Å². The molecule has 6 nitrogen and oxygen atoms in total. The average Bonchev–Trinajstić information content (AvgIpc) is 2.44. The maximum absolute atomic E-state index is 5.77. The number of hydrogen-bond donors (Lipinski definition) is 2. The highest BCUT2D eigenvalue weighted by molar-refractivity contribution is 5.90. The van der Waals surface area contributed by atoms with Crippen molar-refractivity contribution < 1.29 is 4.74 Å². The van der Waals surface area contributed by atoms with Gasteiger partial charge in [-0.3, -0.25) is 0 Å². The highest BCUT2D eigenvalue weighted by atomic mass is 16.5. The van der Waals surface area contributed by atoms with E-state index < -0.39 is 0 Å². The van der Waals surface area contributed by atoms with Gasteiger partial charge in [-0.15, -0.1) is 0 Å². The fourth-order valence-corrected chi connectivity index (χ4v) is 2.42. The summed E-state index contributed by atoms with van der Waals surface area (Å²) in [5, 5.41) is 4.33. The van der Waals surface area contributed by atoms with Gasteiger partial charge in [0.2, 0.25) is 0 Å². The quantitative estimate of drug-likeness (QED) is 0.811. The first-order valence-electron chi connectivity index (χ1n) is 6.76. The molecule has 3 rings (SSSR count). The zero-order valence-corrected chi connectivity index (χ0v) is 11.5. The Hall–Kier alpha value is -1.92. The number of fused-ring (bicyclic) bond motifs is 1. The lowest BCUT2D eigenvalue weighted by atomic mass is 10.2. The molecule has 2 heterocycles. The number of nitrogens with one attached hydrogen (secondary N) is 1. The van der Waals surface area contributed by atoms with Gasteiger partial charge >= 0.3 is 0 Å². The van der Waals surface area contributed by atoms with E-state index in [0.29, 0.717) is 5.69 Å². The third kappa shape index (κ3) is 2.81. The van der Waals surface area contributed by atoms with E-state index in [1.807, 2.05) is 18.2 Å². The fraction of sp³-hybridized carbons (Fsp3) is 0.429. The number of hydrogen-bond acceptors (Lipinski definition) is 6. The molecular formula is C14H19N5O. The van der Waals surface area contributed by atoms with Crippen molar-refractivity contribution >= 4 is 22.4 Å². The van der Waals surface area contributed by atoms with Crippen molar-refractivity contribution in [2.24, 2.45) is 0 Å². The number of likely N-dealkylation sites (N-methyl/N-ethyl adjacent to an activating group) is 1. The van der Waals surface area contributed by atoms with E-state index in [9.17, 15) is 0 Å². The molecule has 0 bridgehead atoms. The molecule has 1 fully saturated rings. The molecule has 0 aliphatic carbocycles. The number of aromatic nitrogens is 2. The number of anilines is 2. The van der Waals surface area contributed by atoms with E-state index in [2.05, 4.69) is 27.2 Å². The van der Waals surface area contributed by atoms with Crippen LogP contribution in [0.25, 0.3) is 10.9 Å². The Morgan fingerprint density at radius 2 is 2.35 bits per heavy atom. The van der Waals surface area contributed by atoms with Crippen molar-refractivity contribution in [2.45, 2.75) is 6.10 Å². The standard InChI is InChI=1S/C14H19N5O/c1-19-4-5-20-11(8-19)7-16-14-12-3-2-10(15)6-13(12)17-9-18-14/h2-3,6,9,11H,4-5,7-8,15H2,1H3,(H,16,17,18). The lowest BCUT2D eigenvalue weighted by molar-refractivity contribution is -0.0117. The van der Waals surface area contributed by atoms with Crippen LogP contribution in [0.2, 0.25) is 0 Å². The third-order valence-corrected chi connectivity index (χ3v) is 3.50. The van der Waals surface area contributed by atoms with Crippen LogP contribution in [0.5, 0.6) is 0 Å². The molecule has 1 aliphatic heterocycles. The molecule has 0 radical (unpaired) electrons. The van der Waals surface area contributed by atoms with Crippen LogP contribution in [0.1, 0.15) is 0 Å². The molecular weight excluding hydrogens is 254 g/mol. The lowest BCUT2D eigenvalue weighted by Crippen LogP contribution is -2.43. The summed E-state index contributed by atoms with van der Waals surface area (Å²) >= 11 is 0. The molecule has 1 aromatic heterocycles. The molecule has 1 saturated heterocycles. The Bertz CT molecular complexity index is 603. The molecule has 3 N–H and O–H groups in total. The Balaban J connectivity index is 1.74. The third-order valence-electron chi connectivity index (χ3n) is 3.50. The summed E-state index contributed by atoms with van der Waals surface area (Å²) in [5.41, 5.74) is 7.33. The molecule has 0 saturated carbocycles. The van der Waals surface area contributed by atoms with Gasteiger partial charge < -0.3 is 20.7 Å². The summed E-state index contributed by atoms with van der Waals surface area (Å²) in [5.74, 6) is 0.826. The summed E-state index contributed by atoms with van der Waals surface area (Å²) in [6.07, 6.45) is 1.74. The lowest BCUT2D eigenvalue weighted by Gasteiger charge is -2.30. The van der Waals surface area contributed by atoms with Crippen LogP contribution in [0, 0.1) is 0 Å². The fourth-order valence-electron chi connectivity index (χ4n) is 2.42. The van der Waals surface area contributed by atoms with E-state index in [1.54, 1.807) is 6.33 Å². The van der Waals surface area contributed by atoms with Gasteiger partial charge in [0.15, 0.2) is 0 Å². The van der Waals surface area contributed by atoms with Crippen LogP contribution >= 0.6 is 0 Å². The zero-order valence-electron chi connectivity index (χ0n) is 11.5. The Morgan fingerprint density at radius 1 is 1.45 bits per heavy atom. The molecule has 6 heteroatoms. The first-order chi connectivity index (χ1) is 9.72. The normalized spacial score (nSPS) is 20.1. The second-order valence-electron chi connectivity index (χ2n) is 5.13. The average molecular weight is 273 g/mol. The van der Waals surface area contributed by atoms with Gasteiger partial charge in [-0.1, -0.05) is 0 Å². The summed E-state index contributed by atoms with van der Waals surface area (Å²) in [6.45, 7) is 3.44. The van der Waals surface area contributed by atoms with Gasteiger partial charge in [-0.05, 0) is 25.2 Å². The van der Waals surface area contributed by atoms with Crippen LogP contribution in [0.3, 0.4) is 0 Å². The molecule has 1 atom stereocenters. The summed E-state index contributed by atoms with van der Waals surface area (Å²) in [4.78, 5) is 10.8. The van der Waals surface area contributed by atoms with E-state index >= 15 is 0 Å². The second kappa shape index (κ2) is 5.60. The number of rotatable bonds is 3. The Kier molecular flexibility index (Phi) is 3.66. The zero-order chi connectivity index (χ0) is 13.9. The summed E-state index contributed by atoms with van der Waals surface area (Å²) < 4.78 is 5.73. The van der Waals surface area contributed by atoms with Crippen LogP contribution in [-0.4, -0.2) is 54.3 Å². The van der Waals surface area contributed by atoms with E-state index in [0.717, 1.165) is 43.0 Å². The molecule has 2 aromatic rings. The molecule has 1 aliphatic rings. The Morgan fingerprint density at radius 3 is 3.20 bits per heavy atom. The molecule has 0 amide bonds. The topological polar surface area (TPSA) is 76.3 Å². The predicted octanol–water partition coefficient (Wildman–Crippen LogP) is 0.954. The largest absolute Gasteiger partial charge is 0.399 e. The number of nitrogens with zero attached hydrogens (tertiary/aromatic N) is 3. The highest BCUT2D eigenvalue weighted by Gasteiger charge is 2.17. The van der Waals surface area contributed by atoms with E-state index in [-0.39, 0.29) is 6.10 Å². The molecule has 1 unspecified atom stereocenters. The van der Waals surface area contributed by atoms with Gasteiger partial charge in [0.05, 0.1) is 18.2 Å². The molecule has 106 valence electrons. The smallest absolute Gasteiger partial charge is 0.137 e. The van der Waals surface area contributed by atoms with Crippen molar-refractivity contribution in [3.8, 4) is 0 Å². The number of nitrogens with two attached hydrogens (primary N) is 1. The van der Waals surface area contributed by atoms with Gasteiger partial charge in [0.1, 0.15) is 12.1 Å². The van der Waals surface area contributed by atoms with Crippen LogP contribution in [0.15, 0.2) is 24.5 Å². The number of ether oxygens (including phenoxy) is 1. The van der Waals surface area contributed by atoms with Crippen molar-refractivity contribution in [3.63, 3.8) is 0 Å². The molecule has 0 spiro atoms. The van der Waals surface area contributed by atoms with Gasteiger partial charge in [-0.25, -0.2) is 9.97 Å². The maximum atomic E-state index is 5.77. The van der Waals surface area contributed by atoms with Crippen molar-refractivity contribution in [1.29, 1.82) is 0 Å². The molecule has 20 heavy (non-hydrogen) atoms. The highest BCUT2D eigenvalue weighted by Crippen LogP contribution is 2.21. The summed E-state index contributed by atoms with van der Waals surface area (Å²) in [6, 6.07) is 5.66. The van der Waals surface area contributed by atoms with Gasteiger partial charge in [0.25, 0.3) is 0 Å². The van der Waals surface area contributed by atoms with Gasteiger partial charge in [0, 0.05) is 30.7 Å². The Labute approximate surface area is 117 Å². The second-order valence-corrected chi connectivity index (χ2v) is 5.13. The minimum absolute atomic E-state index is 0.188. The number of benzene rings is 1. The predicted molar refractivity (Wildman–Crippen MR) is 79.7 cm³/mol. The van der Waals surface area contributed by atoms with Crippen LogP contribution in [-0.2, 0) is 4.74 Å². The van der Waals surface area contributed by atoms with Crippen molar-refractivity contribution in [1.82, 2.24) is 14.9 Å². The van der Waals surface area contributed by atoms with E-state index in [1.165, 1.54) is 0 Å². The molecule has 1 aromatic carbocycles. The summed E-state index contributed by atoms with van der Waals surface area (Å²) in [7, 11) is 2.11. The minimum Gasteiger partial charge on any atom is -0.399 e. The first kappa shape index (κ1) is 13.1. The first-order valence-corrected chi connectivity index (χ1v) is 6.76. The van der Waals surface area contributed by atoms with Crippen LogP contribution in [0.4, 0.5) is 11.5 Å². The SMILES string of the molecule is CN1CCOC(CNc2ncnc3cc(N)ccc23)C1. The van der Waals surface area contributed by atoms with Crippen LogP contribution < -0.4 is 11.1 Å².